The van der Waals surface area contributed by atoms with E-state index >= 15 is 0 Å². The van der Waals surface area contributed by atoms with Crippen LogP contribution in [0.2, 0.25) is 5.02 Å². The van der Waals surface area contributed by atoms with Gasteiger partial charge < -0.3 is 10.2 Å². The quantitative estimate of drug-likeness (QED) is 0.920. The number of benzene rings is 1. The Bertz CT molecular complexity index is 629. The van der Waals surface area contributed by atoms with Crippen molar-refractivity contribution in [2.75, 3.05) is 23.0 Å². The summed E-state index contributed by atoms with van der Waals surface area (Å²) in [5.74, 6) is 0.409. The Hall–Kier alpha value is -0.780. The van der Waals surface area contributed by atoms with Gasteiger partial charge in [0.1, 0.15) is 0 Å². The highest BCUT2D eigenvalue weighted by Crippen LogP contribution is 2.33. The second-order valence-electron chi connectivity index (χ2n) is 6.06. The summed E-state index contributed by atoms with van der Waals surface area (Å²) in [5, 5.41) is 4.21. The summed E-state index contributed by atoms with van der Waals surface area (Å²) < 4.78 is 23.5. The lowest BCUT2D eigenvalue weighted by atomic mass is 10.1. The summed E-state index contributed by atoms with van der Waals surface area (Å²) in [6.07, 6.45) is 2.49. The van der Waals surface area contributed by atoms with E-state index in [1.54, 1.807) is 0 Å². The average molecular weight is 329 g/mol. The van der Waals surface area contributed by atoms with Gasteiger partial charge in [0, 0.05) is 25.2 Å². The van der Waals surface area contributed by atoms with E-state index in [2.05, 4.69) is 16.3 Å². The summed E-state index contributed by atoms with van der Waals surface area (Å²) in [7, 11) is -2.91. The first-order chi connectivity index (χ1) is 9.96. The molecule has 6 heteroatoms. The van der Waals surface area contributed by atoms with E-state index in [1.165, 1.54) is 12.8 Å². The summed E-state index contributed by atoms with van der Waals surface area (Å²) >= 11 is 6.41. The predicted octanol–water partition coefficient (Wildman–Crippen LogP) is 2.22. The van der Waals surface area contributed by atoms with Gasteiger partial charge in [-0.05, 0) is 31.4 Å². The van der Waals surface area contributed by atoms with Crippen LogP contribution in [0.25, 0.3) is 0 Å². The van der Waals surface area contributed by atoms with Gasteiger partial charge in [0.2, 0.25) is 0 Å². The van der Waals surface area contributed by atoms with Gasteiger partial charge in [-0.25, -0.2) is 8.42 Å². The van der Waals surface area contributed by atoms with Crippen LogP contribution in [-0.4, -0.2) is 38.6 Å². The van der Waals surface area contributed by atoms with E-state index in [-0.39, 0.29) is 17.5 Å². The molecule has 3 rings (SSSR count). The van der Waals surface area contributed by atoms with Crippen LogP contribution in [0.3, 0.4) is 0 Å². The van der Waals surface area contributed by atoms with Crippen molar-refractivity contribution < 1.29 is 8.42 Å². The number of hydrogen-bond acceptors (Lipinski definition) is 4. The zero-order valence-corrected chi connectivity index (χ0v) is 13.8. The van der Waals surface area contributed by atoms with Gasteiger partial charge in [-0.1, -0.05) is 23.7 Å². The Kier molecular flexibility index (Phi) is 4.17. The van der Waals surface area contributed by atoms with Crippen molar-refractivity contribution in [3.05, 3.63) is 28.8 Å². The largest absolute Gasteiger partial charge is 0.365 e. The average Bonchev–Trinajstić information content (AvgIpc) is 3.21. The fourth-order valence-corrected chi connectivity index (χ4v) is 4.76. The highest BCUT2D eigenvalue weighted by atomic mass is 35.5. The van der Waals surface area contributed by atoms with Crippen LogP contribution in [0.4, 0.5) is 5.69 Å². The normalized spacial score (nSPS) is 25.0. The highest BCUT2D eigenvalue weighted by molar-refractivity contribution is 7.91. The third-order valence-electron chi connectivity index (χ3n) is 4.19. The molecule has 0 spiro atoms. The molecule has 1 atom stereocenters. The van der Waals surface area contributed by atoms with E-state index in [4.69, 9.17) is 11.6 Å². The summed E-state index contributed by atoms with van der Waals surface area (Å²) in [5.41, 5.74) is 2.15. The molecular weight excluding hydrogens is 308 g/mol. The number of rotatable bonds is 4. The van der Waals surface area contributed by atoms with Gasteiger partial charge in [-0.15, -0.1) is 0 Å². The number of para-hydroxylation sites is 1. The Morgan fingerprint density at radius 2 is 2.14 bits per heavy atom. The second kappa shape index (κ2) is 5.78. The molecule has 1 saturated carbocycles. The van der Waals surface area contributed by atoms with Crippen molar-refractivity contribution in [2.45, 2.75) is 38.4 Å². The molecule has 21 heavy (non-hydrogen) atoms. The molecule has 4 nitrogen and oxygen atoms in total. The Labute approximate surface area is 131 Å². The van der Waals surface area contributed by atoms with Crippen molar-refractivity contribution in [3.8, 4) is 0 Å². The SMILES string of the molecule is CC1CS(=O)(=O)CCN1c1c(Cl)cccc1CNC1CC1. The molecule has 0 bridgehead atoms. The first kappa shape index (κ1) is 15.1. The maximum absolute atomic E-state index is 11.8. The monoisotopic (exact) mass is 328 g/mol. The zero-order chi connectivity index (χ0) is 15.0. The fourth-order valence-electron chi connectivity index (χ4n) is 2.90. The van der Waals surface area contributed by atoms with Crippen molar-refractivity contribution in [3.63, 3.8) is 0 Å². The predicted molar refractivity (Wildman–Crippen MR) is 86.8 cm³/mol. The van der Waals surface area contributed by atoms with E-state index < -0.39 is 9.84 Å². The first-order valence-electron chi connectivity index (χ1n) is 7.44. The van der Waals surface area contributed by atoms with Crippen LogP contribution < -0.4 is 10.2 Å². The maximum Gasteiger partial charge on any atom is 0.154 e. The van der Waals surface area contributed by atoms with Crippen LogP contribution in [0.15, 0.2) is 18.2 Å². The molecule has 116 valence electrons. The number of nitrogens with zero attached hydrogens (tertiary/aromatic N) is 1. The number of sulfone groups is 1. The molecule has 1 N–H and O–H groups in total. The minimum absolute atomic E-state index is 0.0386. The molecule has 0 aromatic heterocycles. The van der Waals surface area contributed by atoms with Gasteiger partial charge in [-0.2, -0.15) is 0 Å². The molecule has 0 amide bonds. The lowest BCUT2D eigenvalue weighted by Crippen LogP contribution is -2.47. The van der Waals surface area contributed by atoms with Gasteiger partial charge in [0.25, 0.3) is 0 Å². The van der Waals surface area contributed by atoms with Crippen molar-refractivity contribution in [1.82, 2.24) is 5.32 Å². The van der Waals surface area contributed by atoms with Crippen LogP contribution in [0, 0.1) is 0 Å². The molecule has 2 aliphatic rings. The van der Waals surface area contributed by atoms with Crippen molar-refractivity contribution in [2.24, 2.45) is 0 Å². The first-order valence-corrected chi connectivity index (χ1v) is 9.64. The van der Waals surface area contributed by atoms with Crippen LogP contribution in [0.1, 0.15) is 25.3 Å². The van der Waals surface area contributed by atoms with Crippen molar-refractivity contribution >= 4 is 27.1 Å². The Morgan fingerprint density at radius 1 is 1.38 bits per heavy atom. The maximum atomic E-state index is 11.8. The Morgan fingerprint density at radius 3 is 2.81 bits per heavy atom. The fraction of sp³-hybridized carbons (Fsp3) is 0.600. The summed E-state index contributed by atoms with van der Waals surface area (Å²) in [4.78, 5) is 2.15. The third-order valence-corrected chi connectivity index (χ3v) is 6.29. The van der Waals surface area contributed by atoms with Gasteiger partial charge in [0.15, 0.2) is 9.84 Å². The molecule has 0 radical (unpaired) electrons. The van der Waals surface area contributed by atoms with Gasteiger partial charge >= 0.3 is 0 Å². The topological polar surface area (TPSA) is 49.4 Å². The number of anilines is 1. The standard InChI is InChI=1S/C15H21ClN2O2S/c1-11-10-21(19,20)8-7-18(11)15-12(3-2-4-14(15)16)9-17-13-5-6-13/h2-4,11,13,17H,5-10H2,1H3. The van der Waals surface area contributed by atoms with Crippen LogP contribution in [0.5, 0.6) is 0 Å². The molecule has 1 saturated heterocycles. The lowest BCUT2D eigenvalue weighted by molar-refractivity contribution is 0.567. The Balaban J connectivity index is 1.85. The minimum atomic E-state index is -2.91. The number of nitrogens with one attached hydrogen (secondary N) is 1. The van der Waals surface area contributed by atoms with E-state index in [1.807, 2.05) is 19.1 Å². The summed E-state index contributed by atoms with van der Waals surface area (Å²) in [6.45, 7) is 3.26. The summed E-state index contributed by atoms with van der Waals surface area (Å²) in [6, 6.07) is 6.51. The molecule has 1 unspecified atom stereocenters. The highest BCUT2D eigenvalue weighted by Gasteiger charge is 2.30. The second-order valence-corrected chi connectivity index (χ2v) is 8.70. The third kappa shape index (κ3) is 3.52. The van der Waals surface area contributed by atoms with Crippen molar-refractivity contribution in [1.29, 1.82) is 0 Å². The molecule has 1 aromatic rings. The molecule has 1 aliphatic heterocycles. The zero-order valence-electron chi connectivity index (χ0n) is 12.2. The van der Waals surface area contributed by atoms with Crippen LogP contribution >= 0.6 is 11.6 Å². The lowest BCUT2D eigenvalue weighted by Gasteiger charge is -2.37. The van der Waals surface area contributed by atoms with E-state index in [0.29, 0.717) is 17.6 Å². The van der Waals surface area contributed by atoms with E-state index in [0.717, 1.165) is 17.8 Å². The molecule has 1 aliphatic carbocycles. The van der Waals surface area contributed by atoms with Gasteiger partial charge in [0.05, 0.1) is 22.2 Å². The molecule has 1 aromatic carbocycles. The van der Waals surface area contributed by atoms with E-state index in [9.17, 15) is 8.42 Å². The molecule has 1 heterocycles. The van der Waals surface area contributed by atoms with Gasteiger partial charge in [-0.3, -0.25) is 0 Å². The number of halogens is 1. The minimum Gasteiger partial charge on any atom is -0.365 e. The molecule has 2 fully saturated rings. The molecular formula is C15H21ClN2O2S. The van der Waals surface area contributed by atoms with Crippen LogP contribution in [-0.2, 0) is 16.4 Å². The smallest absolute Gasteiger partial charge is 0.154 e. The number of hydrogen-bond donors (Lipinski definition) is 1.